The van der Waals surface area contributed by atoms with Crippen LogP contribution in [0.25, 0.3) is 22.1 Å². The van der Waals surface area contributed by atoms with Gasteiger partial charge in [-0.1, -0.05) is 18.2 Å². The smallest absolute Gasteiger partial charge is 0.297 e. The molecule has 6 nitrogen and oxygen atoms in total. The predicted molar refractivity (Wildman–Crippen MR) is 91.9 cm³/mol. The average molecular weight is 339 g/mol. The highest BCUT2D eigenvalue weighted by Gasteiger charge is 2.14. The zero-order valence-electron chi connectivity index (χ0n) is 12.6. The fraction of sp³-hybridized carbons (Fsp3) is 0.118. The summed E-state index contributed by atoms with van der Waals surface area (Å²) in [6, 6.07) is 11.2. The summed E-state index contributed by atoms with van der Waals surface area (Å²) < 4.78 is 6.86. The highest BCUT2D eigenvalue weighted by Crippen LogP contribution is 2.23. The van der Waals surface area contributed by atoms with E-state index in [1.165, 1.54) is 10.9 Å². The molecule has 1 amide bonds. The standard InChI is InChI=1S/C17H13N3O3S/c21-14(18-8-11-4-3-7-24-11)9-20-10-19-15-12-5-1-2-6-13(12)23-16(15)17(20)22/h1-7,10H,8-9H2,(H,18,21). The Balaban J connectivity index is 1.60. The molecule has 0 atom stereocenters. The van der Waals surface area contributed by atoms with Crippen molar-refractivity contribution < 1.29 is 9.21 Å². The second-order valence-electron chi connectivity index (χ2n) is 5.31. The van der Waals surface area contributed by atoms with Crippen LogP contribution in [0.3, 0.4) is 0 Å². The first-order valence-electron chi connectivity index (χ1n) is 7.38. The van der Waals surface area contributed by atoms with E-state index in [1.807, 2.05) is 35.7 Å². The lowest BCUT2D eigenvalue weighted by molar-refractivity contribution is -0.121. The molecule has 4 aromatic rings. The highest BCUT2D eigenvalue weighted by molar-refractivity contribution is 7.09. The topological polar surface area (TPSA) is 77.1 Å². The summed E-state index contributed by atoms with van der Waals surface area (Å²) in [5, 5.41) is 5.53. The number of aromatic nitrogens is 2. The number of nitrogens with one attached hydrogen (secondary N) is 1. The second kappa shape index (κ2) is 5.93. The number of hydrogen-bond acceptors (Lipinski definition) is 5. The molecule has 0 aliphatic heterocycles. The lowest BCUT2D eigenvalue weighted by Crippen LogP contribution is -2.31. The maximum atomic E-state index is 12.5. The SMILES string of the molecule is O=C(Cn1cnc2c(oc3ccccc32)c1=O)NCc1cccs1. The van der Waals surface area contributed by atoms with Crippen LogP contribution < -0.4 is 10.9 Å². The van der Waals surface area contributed by atoms with Gasteiger partial charge in [-0.3, -0.25) is 14.2 Å². The maximum absolute atomic E-state index is 12.5. The molecule has 120 valence electrons. The van der Waals surface area contributed by atoms with Crippen LogP contribution in [0.15, 0.2) is 57.3 Å². The highest BCUT2D eigenvalue weighted by atomic mass is 32.1. The summed E-state index contributed by atoms with van der Waals surface area (Å²) in [6.07, 6.45) is 1.39. The molecule has 0 aliphatic carbocycles. The van der Waals surface area contributed by atoms with Crippen molar-refractivity contribution in [2.75, 3.05) is 0 Å². The number of amides is 1. The van der Waals surface area contributed by atoms with E-state index in [0.29, 0.717) is 17.6 Å². The fourth-order valence-electron chi connectivity index (χ4n) is 2.54. The molecule has 1 aromatic carbocycles. The van der Waals surface area contributed by atoms with Crippen molar-refractivity contribution >= 4 is 39.3 Å². The number of nitrogens with zero attached hydrogens (tertiary/aromatic N) is 2. The van der Waals surface area contributed by atoms with Gasteiger partial charge in [-0.05, 0) is 23.6 Å². The van der Waals surface area contributed by atoms with Crippen LogP contribution in [-0.4, -0.2) is 15.5 Å². The Kier molecular flexibility index (Phi) is 3.62. The summed E-state index contributed by atoms with van der Waals surface area (Å²) in [5.41, 5.74) is 0.940. The van der Waals surface area contributed by atoms with Crippen molar-refractivity contribution in [3.63, 3.8) is 0 Å². The van der Waals surface area contributed by atoms with Gasteiger partial charge in [0.25, 0.3) is 5.56 Å². The van der Waals surface area contributed by atoms with Gasteiger partial charge in [-0.25, -0.2) is 4.98 Å². The van der Waals surface area contributed by atoms with Crippen molar-refractivity contribution in [3.8, 4) is 0 Å². The molecule has 3 heterocycles. The zero-order chi connectivity index (χ0) is 16.5. The third-order valence-electron chi connectivity index (χ3n) is 3.70. The lowest BCUT2D eigenvalue weighted by Gasteiger charge is -2.05. The van der Waals surface area contributed by atoms with E-state index in [4.69, 9.17) is 4.42 Å². The molecule has 3 aromatic heterocycles. The molecule has 1 N–H and O–H groups in total. The van der Waals surface area contributed by atoms with E-state index in [9.17, 15) is 9.59 Å². The number of carbonyl (C=O) groups excluding carboxylic acids is 1. The number of rotatable bonds is 4. The van der Waals surface area contributed by atoms with Gasteiger partial charge in [0.2, 0.25) is 11.5 Å². The predicted octanol–water partition coefficient (Wildman–Crippen LogP) is 2.52. The molecular formula is C17H13N3O3S. The molecule has 0 saturated heterocycles. The minimum absolute atomic E-state index is 0.0931. The molecule has 0 spiro atoms. The van der Waals surface area contributed by atoms with Crippen LogP contribution in [0.4, 0.5) is 0 Å². The molecular weight excluding hydrogens is 326 g/mol. The van der Waals surface area contributed by atoms with Crippen molar-refractivity contribution in [1.82, 2.24) is 14.9 Å². The van der Waals surface area contributed by atoms with Crippen molar-refractivity contribution in [2.45, 2.75) is 13.1 Å². The number of para-hydroxylation sites is 1. The quantitative estimate of drug-likeness (QED) is 0.620. The summed E-state index contributed by atoms with van der Waals surface area (Å²) in [6.45, 7) is 0.357. The molecule has 0 aliphatic rings. The van der Waals surface area contributed by atoms with Crippen molar-refractivity contribution in [1.29, 1.82) is 0 Å². The van der Waals surface area contributed by atoms with E-state index >= 15 is 0 Å². The van der Waals surface area contributed by atoms with E-state index in [2.05, 4.69) is 10.3 Å². The molecule has 0 fully saturated rings. The van der Waals surface area contributed by atoms with E-state index in [-0.39, 0.29) is 23.6 Å². The maximum Gasteiger partial charge on any atom is 0.297 e. The third kappa shape index (κ3) is 2.59. The van der Waals surface area contributed by atoms with E-state index in [1.54, 1.807) is 17.4 Å². The van der Waals surface area contributed by atoms with Crippen LogP contribution in [0.2, 0.25) is 0 Å². The first kappa shape index (κ1) is 14.6. The van der Waals surface area contributed by atoms with Crippen LogP contribution in [-0.2, 0) is 17.9 Å². The molecule has 0 saturated carbocycles. The molecule has 0 radical (unpaired) electrons. The Hall–Kier alpha value is -2.93. The van der Waals surface area contributed by atoms with Gasteiger partial charge in [0.05, 0.1) is 12.9 Å². The Morgan fingerprint density at radius 1 is 1.25 bits per heavy atom. The molecule has 24 heavy (non-hydrogen) atoms. The zero-order valence-corrected chi connectivity index (χ0v) is 13.4. The summed E-state index contributed by atoms with van der Waals surface area (Å²) in [5.74, 6) is -0.247. The van der Waals surface area contributed by atoms with Crippen LogP contribution in [0.1, 0.15) is 4.88 Å². The summed E-state index contributed by atoms with van der Waals surface area (Å²) >= 11 is 1.57. The number of benzene rings is 1. The largest absolute Gasteiger partial charge is 0.448 e. The number of furan rings is 1. The lowest BCUT2D eigenvalue weighted by atomic mass is 10.2. The first-order chi connectivity index (χ1) is 11.7. The van der Waals surface area contributed by atoms with E-state index in [0.717, 1.165) is 10.3 Å². The molecule has 0 unspecified atom stereocenters. The Morgan fingerprint density at radius 2 is 2.12 bits per heavy atom. The number of thiophene rings is 1. The Bertz CT molecular complexity index is 1080. The molecule has 4 rings (SSSR count). The summed E-state index contributed by atoms with van der Waals surface area (Å²) in [7, 11) is 0. The van der Waals surface area contributed by atoms with Crippen LogP contribution in [0.5, 0.6) is 0 Å². The van der Waals surface area contributed by atoms with Crippen LogP contribution in [0, 0.1) is 0 Å². The Morgan fingerprint density at radius 3 is 2.96 bits per heavy atom. The monoisotopic (exact) mass is 339 g/mol. The van der Waals surface area contributed by atoms with Crippen LogP contribution >= 0.6 is 11.3 Å². The van der Waals surface area contributed by atoms with Gasteiger partial charge in [0.1, 0.15) is 17.6 Å². The normalized spacial score (nSPS) is 11.2. The molecule has 7 heteroatoms. The number of carbonyl (C=O) groups is 1. The van der Waals surface area contributed by atoms with Gasteiger partial charge in [0, 0.05) is 10.3 Å². The minimum atomic E-state index is -0.359. The van der Waals surface area contributed by atoms with E-state index < -0.39 is 0 Å². The second-order valence-corrected chi connectivity index (χ2v) is 6.34. The van der Waals surface area contributed by atoms with Gasteiger partial charge >= 0.3 is 0 Å². The summed E-state index contributed by atoms with van der Waals surface area (Å²) in [4.78, 5) is 29.9. The first-order valence-corrected chi connectivity index (χ1v) is 8.26. The van der Waals surface area contributed by atoms with Gasteiger partial charge in [-0.2, -0.15) is 0 Å². The fourth-order valence-corrected chi connectivity index (χ4v) is 3.18. The third-order valence-corrected chi connectivity index (χ3v) is 4.58. The number of hydrogen-bond donors (Lipinski definition) is 1. The van der Waals surface area contributed by atoms with Gasteiger partial charge < -0.3 is 9.73 Å². The Labute approximate surface area is 140 Å². The minimum Gasteiger partial charge on any atom is -0.448 e. The van der Waals surface area contributed by atoms with Gasteiger partial charge in [-0.15, -0.1) is 11.3 Å². The number of fused-ring (bicyclic) bond motifs is 3. The van der Waals surface area contributed by atoms with Crippen molar-refractivity contribution in [3.05, 3.63) is 63.3 Å². The van der Waals surface area contributed by atoms with Crippen molar-refractivity contribution in [2.24, 2.45) is 0 Å². The van der Waals surface area contributed by atoms with Gasteiger partial charge in [0.15, 0.2) is 0 Å². The average Bonchev–Trinajstić information content (AvgIpc) is 3.23. The molecule has 0 bridgehead atoms.